The molecule has 0 atom stereocenters. The summed E-state index contributed by atoms with van der Waals surface area (Å²) >= 11 is 0. The zero-order valence-electron chi connectivity index (χ0n) is 15.2. The molecule has 2 aliphatic heterocycles. The molecule has 0 radical (unpaired) electrons. The molecule has 4 rings (SSSR count). The fraction of sp³-hybridized carbons (Fsp3) is 0.300. The Bertz CT molecular complexity index is 825. The van der Waals surface area contributed by atoms with Gasteiger partial charge >= 0.3 is 0 Å². The predicted molar refractivity (Wildman–Crippen MR) is 98.1 cm³/mol. The van der Waals surface area contributed by atoms with Crippen LogP contribution < -0.4 is 29.6 Å². The highest BCUT2D eigenvalue weighted by molar-refractivity contribution is 5.83. The van der Waals surface area contributed by atoms with E-state index in [0.29, 0.717) is 36.1 Å². The lowest BCUT2D eigenvalue weighted by Crippen LogP contribution is -2.27. The molecular formula is C20H20N2O6. The van der Waals surface area contributed by atoms with E-state index in [1.54, 1.807) is 0 Å². The van der Waals surface area contributed by atoms with Gasteiger partial charge in [-0.2, -0.15) is 0 Å². The summed E-state index contributed by atoms with van der Waals surface area (Å²) in [6.07, 6.45) is 0.245. The normalized spacial score (nSPS) is 13.3. The summed E-state index contributed by atoms with van der Waals surface area (Å²) in [5.74, 6) is 2.39. The van der Waals surface area contributed by atoms with Crippen LogP contribution in [0.15, 0.2) is 36.4 Å². The molecule has 0 spiro atoms. The van der Waals surface area contributed by atoms with Crippen molar-refractivity contribution in [3.05, 3.63) is 47.5 Å². The van der Waals surface area contributed by atoms with Crippen molar-refractivity contribution in [3.63, 3.8) is 0 Å². The number of fused-ring (bicyclic) bond motifs is 2. The van der Waals surface area contributed by atoms with Crippen molar-refractivity contribution in [3.8, 4) is 23.0 Å². The molecule has 0 aliphatic carbocycles. The van der Waals surface area contributed by atoms with Crippen LogP contribution in [0.25, 0.3) is 0 Å². The average molecular weight is 384 g/mol. The smallest absolute Gasteiger partial charge is 0.231 e. The second-order valence-corrected chi connectivity index (χ2v) is 6.43. The first kappa shape index (κ1) is 18.0. The van der Waals surface area contributed by atoms with Crippen molar-refractivity contribution >= 4 is 11.8 Å². The largest absolute Gasteiger partial charge is 0.454 e. The Labute approximate surface area is 161 Å². The molecule has 0 bridgehead atoms. The number of carbonyl (C=O) groups is 2. The molecule has 146 valence electrons. The van der Waals surface area contributed by atoms with Crippen molar-refractivity contribution in [2.45, 2.75) is 25.9 Å². The Morgan fingerprint density at radius 3 is 1.57 bits per heavy atom. The van der Waals surface area contributed by atoms with Crippen molar-refractivity contribution in [2.24, 2.45) is 0 Å². The summed E-state index contributed by atoms with van der Waals surface area (Å²) in [5.41, 5.74) is 1.81. The second kappa shape index (κ2) is 8.08. The molecule has 8 nitrogen and oxygen atoms in total. The van der Waals surface area contributed by atoms with E-state index in [-0.39, 0.29) is 38.2 Å². The summed E-state index contributed by atoms with van der Waals surface area (Å²) in [7, 11) is 0. The second-order valence-electron chi connectivity index (χ2n) is 6.43. The molecule has 28 heavy (non-hydrogen) atoms. The van der Waals surface area contributed by atoms with Crippen LogP contribution in [-0.2, 0) is 22.7 Å². The van der Waals surface area contributed by atoms with Crippen molar-refractivity contribution in [2.75, 3.05) is 13.6 Å². The molecule has 0 saturated carbocycles. The van der Waals surface area contributed by atoms with E-state index in [4.69, 9.17) is 18.9 Å². The van der Waals surface area contributed by atoms with Gasteiger partial charge in [-0.3, -0.25) is 9.59 Å². The first-order valence-electron chi connectivity index (χ1n) is 8.98. The van der Waals surface area contributed by atoms with Crippen LogP contribution in [0.1, 0.15) is 24.0 Å². The van der Waals surface area contributed by atoms with E-state index in [9.17, 15) is 9.59 Å². The lowest BCUT2D eigenvalue weighted by molar-refractivity contribution is -0.126. The highest BCUT2D eigenvalue weighted by atomic mass is 16.7. The first-order valence-corrected chi connectivity index (χ1v) is 8.98. The number of hydrogen-bond acceptors (Lipinski definition) is 6. The van der Waals surface area contributed by atoms with E-state index in [2.05, 4.69) is 10.6 Å². The SMILES string of the molecule is O=C(CCC(=O)NCc1ccc2c(c1)OCO2)NCc1ccc2c(c1)OCO2. The number of hydrogen-bond donors (Lipinski definition) is 2. The minimum absolute atomic E-state index is 0.123. The maximum absolute atomic E-state index is 12.0. The predicted octanol–water partition coefficient (Wildman–Crippen LogP) is 1.86. The molecule has 2 aromatic carbocycles. The zero-order chi connectivity index (χ0) is 19.3. The molecule has 0 fully saturated rings. The third kappa shape index (κ3) is 4.28. The van der Waals surface area contributed by atoms with Crippen LogP contribution in [0.4, 0.5) is 0 Å². The first-order chi connectivity index (χ1) is 13.7. The molecule has 2 heterocycles. The van der Waals surface area contributed by atoms with Gasteiger partial charge in [0.2, 0.25) is 25.4 Å². The maximum atomic E-state index is 12.0. The van der Waals surface area contributed by atoms with Crippen molar-refractivity contribution < 1.29 is 28.5 Å². The molecule has 0 aromatic heterocycles. The number of amides is 2. The molecular weight excluding hydrogens is 364 g/mol. The fourth-order valence-electron chi connectivity index (χ4n) is 2.91. The van der Waals surface area contributed by atoms with Gasteiger partial charge in [-0.15, -0.1) is 0 Å². The molecule has 2 N–H and O–H groups in total. The van der Waals surface area contributed by atoms with Gasteiger partial charge in [0.25, 0.3) is 0 Å². The summed E-state index contributed by atoms with van der Waals surface area (Å²) < 4.78 is 21.1. The van der Waals surface area contributed by atoms with Gasteiger partial charge in [-0.1, -0.05) is 12.1 Å². The standard InChI is InChI=1S/C20H20N2O6/c23-19(21-9-13-1-3-15-17(7-13)27-11-25-15)5-6-20(24)22-10-14-2-4-16-18(8-14)28-12-26-16/h1-4,7-8H,5-6,9-12H2,(H,21,23)(H,22,24). The molecule has 2 aromatic rings. The van der Waals surface area contributed by atoms with Crippen LogP contribution in [0, 0.1) is 0 Å². The third-order valence-electron chi connectivity index (χ3n) is 4.43. The van der Waals surface area contributed by atoms with Gasteiger partial charge in [0.1, 0.15) is 0 Å². The van der Waals surface area contributed by atoms with Gasteiger partial charge in [0, 0.05) is 25.9 Å². The molecule has 0 saturated heterocycles. The molecule has 8 heteroatoms. The van der Waals surface area contributed by atoms with Gasteiger partial charge in [0.15, 0.2) is 23.0 Å². The van der Waals surface area contributed by atoms with Gasteiger partial charge < -0.3 is 29.6 Å². The topological polar surface area (TPSA) is 95.1 Å². The summed E-state index contributed by atoms with van der Waals surface area (Å²) in [4.78, 5) is 24.0. The molecule has 2 amide bonds. The lowest BCUT2D eigenvalue weighted by atomic mass is 10.2. The van der Waals surface area contributed by atoms with E-state index >= 15 is 0 Å². The highest BCUT2D eigenvalue weighted by Gasteiger charge is 2.15. The van der Waals surface area contributed by atoms with Gasteiger partial charge in [-0.25, -0.2) is 0 Å². The van der Waals surface area contributed by atoms with Crippen LogP contribution in [0.2, 0.25) is 0 Å². The zero-order valence-corrected chi connectivity index (χ0v) is 15.2. The average Bonchev–Trinajstić information content (AvgIpc) is 3.37. The third-order valence-corrected chi connectivity index (χ3v) is 4.43. The van der Waals surface area contributed by atoms with Crippen LogP contribution in [0.5, 0.6) is 23.0 Å². The number of carbonyl (C=O) groups excluding carboxylic acids is 2. The van der Waals surface area contributed by atoms with E-state index in [1.165, 1.54) is 0 Å². The van der Waals surface area contributed by atoms with Crippen LogP contribution >= 0.6 is 0 Å². The summed E-state index contributed by atoms with van der Waals surface area (Å²) in [6, 6.07) is 11.0. The van der Waals surface area contributed by atoms with E-state index in [1.807, 2.05) is 36.4 Å². The van der Waals surface area contributed by atoms with Crippen molar-refractivity contribution in [1.29, 1.82) is 0 Å². The highest BCUT2D eigenvalue weighted by Crippen LogP contribution is 2.33. The number of ether oxygens (including phenoxy) is 4. The van der Waals surface area contributed by atoms with E-state index < -0.39 is 0 Å². The summed E-state index contributed by atoms with van der Waals surface area (Å²) in [6.45, 7) is 1.17. The number of benzene rings is 2. The maximum Gasteiger partial charge on any atom is 0.231 e. The Morgan fingerprint density at radius 2 is 1.11 bits per heavy atom. The Balaban J connectivity index is 1.17. The Hall–Kier alpha value is -3.42. The van der Waals surface area contributed by atoms with Gasteiger partial charge in [-0.05, 0) is 35.4 Å². The quantitative estimate of drug-likeness (QED) is 0.757. The monoisotopic (exact) mass is 384 g/mol. The molecule has 2 aliphatic rings. The van der Waals surface area contributed by atoms with Crippen LogP contribution in [-0.4, -0.2) is 25.4 Å². The fourth-order valence-corrected chi connectivity index (χ4v) is 2.91. The van der Waals surface area contributed by atoms with Gasteiger partial charge in [0.05, 0.1) is 0 Å². The minimum Gasteiger partial charge on any atom is -0.454 e. The molecule has 0 unspecified atom stereocenters. The van der Waals surface area contributed by atoms with E-state index in [0.717, 1.165) is 11.1 Å². The van der Waals surface area contributed by atoms with Crippen molar-refractivity contribution in [1.82, 2.24) is 10.6 Å². The summed E-state index contributed by atoms with van der Waals surface area (Å²) in [5, 5.41) is 5.60. The Morgan fingerprint density at radius 1 is 0.679 bits per heavy atom. The lowest BCUT2D eigenvalue weighted by Gasteiger charge is -2.08. The number of nitrogens with one attached hydrogen (secondary N) is 2. The van der Waals surface area contributed by atoms with Crippen LogP contribution in [0.3, 0.4) is 0 Å². The number of rotatable bonds is 7. The minimum atomic E-state index is -0.184. The Kier molecular flexibility index (Phi) is 5.18.